The SMILES string of the molecule is CCC[C@H]1N(C(=O)c2ncccc2C(F)(F)F)CCC[C@@]1(Oc1csc(C(F)(F)F)c1)C(=O)N1CCc2cc(F)ccc2[C@H]1C(=O)O. The van der Waals surface area contributed by atoms with Crippen molar-refractivity contribution in [3.63, 3.8) is 0 Å². The summed E-state index contributed by atoms with van der Waals surface area (Å²) in [4.78, 5) is 46.0. The molecule has 2 aliphatic rings. The predicted molar refractivity (Wildman–Crippen MR) is 153 cm³/mol. The van der Waals surface area contributed by atoms with Gasteiger partial charge in [-0.05, 0) is 54.7 Å². The molecule has 16 heteroatoms. The lowest BCUT2D eigenvalue weighted by Gasteiger charge is -2.51. The molecule has 1 saturated heterocycles. The van der Waals surface area contributed by atoms with Crippen LogP contribution in [0.1, 0.15) is 70.7 Å². The van der Waals surface area contributed by atoms with Crippen LogP contribution < -0.4 is 4.74 Å². The molecule has 2 aliphatic heterocycles. The fourth-order valence-corrected chi connectivity index (χ4v) is 7.08. The molecule has 1 N–H and O–H groups in total. The number of aliphatic carboxylic acids is 1. The summed E-state index contributed by atoms with van der Waals surface area (Å²) >= 11 is 0.292. The molecule has 3 atom stereocenters. The van der Waals surface area contributed by atoms with Gasteiger partial charge >= 0.3 is 18.3 Å². The van der Waals surface area contributed by atoms with E-state index in [9.17, 15) is 50.2 Å². The van der Waals surface area contributed by atoms with E-state index in [4.69, 9.17) is 4.74 Å². The Labute approximate surface area is 267 Å². The first-order chi connectivity index (χ1) is 22.1. The zero-order valence-corrected chi connectivity index (χ0v) is 25.5. The number of carboxylic acids is 1. The Bertz CT molecular complexity index is 1680. The molecule has 8 nitrogen and oxygen atoms in total. The van der Waals surface area contributed by atoms with Gasteiger partial charge in [0, 0.05) is 37.2 Å². The molecule has 2 aromatic heterocycles. The summed E-state index contributed by atoms with van der Waals surface area (Å²) in [6.45, 7) is 1.28. The molecule has 3 aromatic rings. The first kappa shape index (κ1) is 34.1. The van der Waals surface area contributed by atoms with Gasteiger partial charge in [-0.2, -0.15) is 26.3 Å². The number of amides is 2. The number of halogens is 7. The van der Waals surface area contributed by atoms with Crippen molar-refractivity contribution in [1.29, 1.82) is 0 Å². The Hall–Kier alpha value is -4.21. The fraction of sp³-hybridized carbons (Fsp3) is 0.419. The van der Waals surface area contributed by atoms with Gasteiger partial charge in [0.25, 0.3) is 11.8 Å². The highest BCUT2D eigenvalue weighted by Crippen LogP contribution is 2.44. The largest absolute Gasteiger partial charge is 0.479 e. The van der Waals surface area contributed by atoms with E-state index in [-0.39, 0.29) is 56.5 Å². The summed E-state index contributed by atoms with van der Waals surface area (Å²) in [6.07, 6.45) is -8.71. The minimum atomic E-state index is -4.96. The third kappa shape index (κ3) is 6.51. The van der Waals surface area contributed by atoms with E-state index in [1.165, 1.54) is 6.07 Å². The van der Waals surface area contributed by atoms with Crippen molar-refractivity contribution in [1.82, 2.24) is 14.8 Å². The van der Waals surface area contributed by atoms with Crippen molar-refractivity contribution < 1.29 is 55.0 Å². The van der Waals surface area contributed by atoms with Crippen molar-refractivity contribution in [3.8, 4) is 5.75 Å². The molecule has 0 spiro atoms. The number of piperidine rings is 1. The summed E-state index contributed by atoms with van der Waals surface area (Å²) in [5, 5.41) is 11.3. The fourth-order valence-electron chi connectivity index (χ4n) is 6.40. The van der Waals surface area contributed by atoms with Gasteiger partial charge in [-0.25, -0.2) is 9.18 Å². The topological polar surface area (TPSA) is 100 Å². The van der Waals surface area contributed by atoms with Gasteiger partial charge in [0.2, 0.25) is 5.60 Å². The molecular weight excluding hydrogens is 659 g/mol. The van der Waals surface area contributed by atoms with Crippen molar-refractivity contribution in [2.75, 3.05) is 13.1 Å². The number of carbonyl (C=O) groups excluding carboxylic acids is 2. The number of alkyl halides is 6. The second kappa shape index (κ2) is 12.8. The van der Waals surface area contributed by atoms with E-state index in [0.717, 1.165) is 39.6 Å². The number of aromatic nitrogens is 1. The monoisotopic (exact) mass is 687 g/mol. The van der Waals surface area contributed by atoms with E-state index in [1.54, 1.807) is 6.92 Å². The van der Waals surface area contributed by atoms with Crippen LogP contribution in [-0.2, 0) is 28.4 Å². The molecule has 1 fully saturated rings. The van der Waals surface area contributed by atoms with Crippen LogP contribution in [0.4, 0.5) is 30.7 Å². The zero-order valence-electron chi connectivity index (χ0n) is 24.7. The molecule has 0 radical (unpaired) electrons. The highest BCUT2D eigenvalue weighted by atomic mass is 32.1. The zero-order chi connectivity index (χ0) is 34.3. The lowest BCUT2D eigenvalue weighted by molar-refractivity contribution is -0.168. The molecule has 0 bridgehead atoms. The molecule has 0 saturated carbocycles. The van der Waals surface area contributed by atoms with Crippen LogP contribution in [0.25, 0.3) is 0 Å². The smallest absolute Gasteiger partial charge is 0.425 e. The number of benzene rings is 1. The lowest BCUT2D eigenvalue weighted by Crippen LogP contribution is -2.69. The highest BCUT2D eigenvalue weighted by molar-refractivity contribution is 7.10. The number of hydrogen-bond acceptors (Lipinski definition) is 6. The molecule has 4 heterocycles. The minimum Gasteiger partial charge on any atom is -0.479 e. The van der Waals surface area contributed by atoms with E-state index >= 15 is 0 Å². The average Bonchev–Trinajstić information content (AvgIpc) is 3.49. The number of fused-ring (bicyclic) bond motifs is 1. The number of likely N-dealkylation sites (tertiary alicyclic amines) is 1. The van der Waals surface area contributed by atoms with Gasteiger partial charge < -0.3 is 19.6 Å². The number of thiophene rings is 1. The van der Waals surface area contributed by atoms with Crippen LogP contribution in [0, 0.1) is 5.82 Å². The van der Waals surface area contributed by atoms with Gasteiger partial charge in [-0.3, -0.25) is 14.6 Å². The molecule has 5 rings (SSSR count). The Kier molecular flexibility index (Phi) is 9.27. The maximum absolute atomic E-state index is 14.8. The van der Waals surface area contributed by atoms with Gasteiger partial charge in [-0.1, -0.05) is 19.4 Å². The second-order valence-corrected chi connectivity index (χ2v) is 12.2. The lowest BCUT2D eigenvalue weighted by atomic mass is 9.78. The van der Waals surface area contributed by atoms with Crippen LogP contribution in [0.5, 0.6) is 5.75 Å². The predicted octanol–water partition coefficient (Wildman–Crippen LogP) is 6.75. The number of ether oxygens (including phenoxy) is 1. The quantitative estimate of drug-likeness (QED) is 0.276. The van der Waals surface area contributed by atoms with Crippen LogP contribution >= 0.6 is 11.3 Å². The van der Waals surface area contributed by atoms with Crippen LogP contribution in [-0.4, -0.2) is 62.4 Å². The third-order valence-electron chi connectivity index (χ3n) is 8.35. The van der Waals surface area contributed by atoms with Crippen molar-refractivity contribution >= 4 is 29.1 Å². The number of hydrogen-bond donors (Lipinski definition) is 1. The van der Waals surface area contributed by atoms with Crippen molar-refractivity contribution in [2.24, 2.45) is 0 Å². The number of rotatable bonds is 7. The Morgan fingerprint density at radius 1 is 1.06 bits per heavy atom. The summed E-state index contributed by atoms with van der Waals surface area (Å²) in [6, 6.07) is 2.78. The first-order valence-corrected chi connectivity index (χ1v) is 15.5. The van der Waals surface area contributed by atoms with E-state index in [0.29, 0.717) is 29.0 Å². The molecule has 1 aromatic carbocycles. The maximum atomic E-state index is 14.8. The van der Waals surface area contributed by atoms with Crippen LogP contribution in [0.2, 0.25) is 0 Å². The van der Waals surface area contributed by atoms with E-state index < -0.39 is 69.8 Å². The first-order valence-electron chi connectivity index (χ1n) is 14.6. The number of carbonyl (C=O) groups is 3. The summed E-state index contributed by atoms with van der Waals surface area (Å²) in [5.41, 5.74) is -4.02. The Morgan fingerprint density at radius 2 is 1.81 bits per heavy atom. The van der Waals surface area contributed by atoms with Gasteiger partial charge in [0.15, 0.2) is 6.04 Å². The summed E-state index contributed by atoms with van der Waals surface area (Å²) in [7, 11) is 0. The Morgan fingerprint density at radius 3 is 2.45 bits per heavy atom. The third-order valence-corrected chi connectivity index (χ3v) is 9.30. The summed E-state index contributed by atoms with van der Waals surface area (Å²) in [5.74, 6) is -4.64. The molecular formula is C31H28F7N3O5S. The van der Waals surface area contributed by atoms with Crippen LogP contribution in [0.3, 0.4) is 0 Å². The van der Waals surface area contributed by atoms with Crippen molar-refractivity contribution in [2.45, 2.75) is 69.1 Å². The second-order valence-electron chi connectivity index (χ2n) is 11.3. The summed E-state index contributed by atoms with van der Waals surface area (Å²) < 4.78 is 103. The normalized spacial score (nSPS) is 21.7. The van der Waals surface area contributed by atoms with Crippen LogP contribution in [0.15, 0.2) is 48.0 Å². The molecule has 252 valence electrons. The molecule has 47 heavy (non-hydrogen) atoms. The van der Waals surface area contributed by atoms with E-state index in [2.05, 4.69) is 4.98 Å². The van der Waals surface area contributed by atoms with Gasteiger partial charge in [-0.15, -0.1) is 11.3 Å². The van der Waals surface area contributed by atoms with Crippen molar-refractivity contribution in [3.05, 3.63) is 81.1 Å². The van der Waals surface area contributed by atoms with E-state index in [1.807, 2.05) is 0 Å². The van der Waals surface area contributed by atoms with Gasteiger partial charge in [0.1, 0.15) is 22.1 Å². The maximum Gasteiger partial charge on any atom is 0.425 e. The number of nitrogens with zero attached hydrogens (tertiary/aromatic N) is 3. The number of pyridine rings is 1. The highest BCUT2D eigenvalue weighted by Gasteiger charge is 2.57. The number of carboxylic acid groups (broad SMARTS) is 1. The Balaban J connectivity index is 1.65. The molecule has 0 aliphatic carbocycles. The standard InChI is InChI=1S/C31H28F7N3O5S/c1-2-5-22-29(46-19-15-23(47-16-19)31(36,37)38,10-4-12-40(22)26(42)24-21(30(33,34)35)6-3-11-39-24)28(45)41-13-9-17-14-18(32)7-8-20(17)25(41)27(43)44/h3,6-8,11,14-16,22,25H,2,4-5,9-10,12-13H2,1H3,(H,43,44)/t22-,25+,29+/m1/s1. The molecule has 2 amide bonds. The van der Waals surface area contributed by atoms with Gasteiger partial charge in [0.05, 0.1) is 11.6 Å². The molecule has 0 unspecified atom stereocenters. The average molecular weight is 688 g/mol. The minimum absolute atomic E-state index is 0.0271.